The van der Waals surface area contributed by atoms with Gasteiger partial charge in [0, 0.05) is 6.54 Å². The molecule has 1 atom stereocenters. The smallest absolute Gasteiger partial charge is 0.317 e. The van der Waals surface area contributed by atoms with Crippen molar-refractivity contribution >= 4 is 28.3 Å². The van der Waals surface area contributed by atoms with E-state index in [-0.39, 0.29) is 0 Å². The van der Waals surface area contributed by atoms with Gasteiger partial charge in [-0.1, -0.05) is 46.3 Å². The van der Waals surface area contributed by atoms with Crippen molar-refractivity contribution in [3.63, 3.8) is 0 Å². The summed E-state index contributed by atoms with van der Waals surface area (Å²) in [7, 11) is 0. The average Bonchev–Trinajstić information content (AvgIpc) is 2.47. The standard InChI is InChI=1S/C14H18BrNO4/c15-13(14(18)19)8-4-5-9-16(11-17)20-10-12-6-2-1-3-7-12/h1-3,6-7,11,13H,4-5,8-10H2,(H,18,19). The highest BCUT2D eigenvalue weighted by Crippen LogP contribution is 2.10. The van der Waals surface area contributed by atoms with Crippen LogP contribution in [0.1, 0.15) is 24.8 Å². The van der Waals surface area contributed by atoms with Crippen molar-refractivity contribution in [1.29, 1.82) is 0 Å². The first-order chi connectivity index (χ1) is 9.63. The van der Waals surface area contributed by atoms with Crippen LogP contribution in [0.5, 0.6) is 0 Å². The summed E-state index contributed by atoms with van der Waals surface area (Å²) in [4.78, 5) is 26.3. The Morgan fingerprint density at radius 3 is 2.65 bits per heavy atom. The van der Waals surface area contributed by atoms with Crippen molar-refractivity contribution < 1.29 is 19.5 Å². The molecule has 0 radical (unpaired) electrons. The van der Waals surface area contributed by atoms with Crippen LogP contribution in [-0.2, 0) is 21.0 Å². The lowest BCUT2D eigenvalue weighted by Crippen LogP contribution is -2.23. The van der Waals surface area contributed by atoms with E-state index >= 15 is 0 Å². The average molecular weight is 344 g/mol. The van der Waals surface area contributed by atoms with Crippen molar-refractivity contribution in [2.24, 2.45) is 0 Å². The maximum absolute atomic E-state index is 10.9. The molecule has 0 aliphatic heterocycles. The number of halogens is 1. The van der Waals surface area contributed by atoms with Gasteiger partial charge in [0.15, 0.2) is 0 Å². The quantitative estimate of drug-likeness (QED) is 0.307. The Kier molecular flexibility index (Phi) is 7.91. The van der Waals surface area contributed by atoms with E-state index in [0.29, 0.717) is 38.8 Å². The molecule has 1 aromatic carbocycles. The summed E-state index contributed by atoms with van der Waals surface area (Å²) in [6, 6.07) is 9.58. The normalized spacial score (nSPS) is 11.8. The van der Waals surface area contributed by atoms with Crippen LogP contribution in [0.2, 0.25) is 0 Å². The number of aliphatic carboxylic acids is 1. The van der Waals surface area contributed by atoms with Crippen LogP contribution < -0.4 is 0 Å². The highest BCUT2D eigenvalue weighted by Gasteiger charge is 2.12. The molecular formula is C14H18BrNO4. The number of carbonyl (C=O) groups excluding carboxylic acids is 1. The number of benzene rings is 1. The molecule has 0 saturated carbocycles. The van der Waals surface area contributed by atoms with Crippen molar-refractivity contribution in [1.82, 2.24) is 5.06 Å². The molecule has 6 heteroatoms. The van der Waals surface area contributed by atoms with Gasteiger partial charge in [0.25, 0.3) is 0 Å². The Hall–Kier alpha value is -1.40. The molecule has 0 aliphatic carbocycles. The minimum absolute atomic E-state index is 0.343. The largest absolute Gasteiger partial charge is 0.480 e. The third kappa shape index (κ3) is 6.68. The fourth-order valence-corrected chi connectivity index (χ4v) is 1.92. The van der Waals surface area contributed by atoms with Crippen LogP contribution >= 0.6 is 15.9 Å². The number of carboxylic acid groups (broad SMARTS) is 1. The molecule has 1 unspecified atom stereocenters. The van der Waals surface area contributed by atoms with Gasteiger partial charge in [0.2, 0.25) is 6.41 Å². The summed E-state index contributed by atoms with van der Waals surface area (Å²) < 4.78 is 0. The molecule has 0 saturated heterocycles. The molecule has 0 aliphatic rings. The Balaban J connectivity index is 2.20. The van der Waals surface area contributed by atoms with Crippen LogP contribution in [-0.4, -0.2) is 33.9 Å². The van der Waals surface area contributed by atoms with Crippen molar-refractivity contribution in [2.75, 3.05) is 6.54 Å². The molecule has 110 valence electrons. The number of amides is 1. The van der Waals surface area contributed by atoms with Gasteiger partial charge in [-0.15, -0.1) is 0 Å². The fourth-order valence-electron chi connectivity index (χ4n) is 1.59. The van der Waals surface area contributed by atoms with Gasteiger partial charge in [0.05, 0.1) is 0 Å². The number of alkyl halides is 1. The molecule has 0 aromatic heterocycles. The minimum Gasteiger partial charge on any atom is -0.480 e. The van der Waals surface area contributed by atoms with E-state index in [2.05, 4.69) is 15.9 Å². The number of hydroxylamine groups is 2. The van der Waals surface area contributed by atoms with E-state index in [0.717, 1.165) is 5.56 Å². The predicted octanol–water partition coefficient (Wildman–Crippen LogP) is 2.60. The molecule has 5 nitrogen and oxygen atoms in total. The van der Waals surface area contributed by atoms with Crippen LogP contribution in [0.4, 0.5) is 0 Å². The van der Waals surface area contributed by atoms with Gasteiger partial charge >= 0.3 is 5.97 Å². The van der Waals surface area contributed by atoms with Gasteiger partial charge in [-0.05, 0) is 24.8 Å². The molecule has 1 N–H and O–H groups in total. The molecule has 0 fully saturated rings. The first kappa shape index (κ1) is 16.7. The Bertz CT molecular complexity index is 413. The zero-order valence-electron chi connectivity index (χ0n) is 11.1. The summed E-state index contributed by atoms with van der Waals surface area (Å²) >= 11 is 3.07. The van der Waals surface area contributed by atoms with Crippen LogP contribution in [0, 0.1) is 0 Å². The Labute approximate surface area is 126 Å². The van der Waals surface area contributed by atoms with E-state index in [9.17, 15) is 9.59 Å². The van der Waals surface area contributed by atoms with Gasteiger partial charge < -0.3 is 5.11 Å². The minimum atomic E-state index is -0.863. The second-order valence-electron chi connectivity index (χ2n) is 4.31. The second kappa shape index (κ2) is 9.50. The van der Waals surface area contributed by atoms with E-state index in [4.69, 9.17) is 9.94 Å². The Morgan fingerprint density at radius 2 is 2.05 bits per heavy atom. The number of unbranched alkanes of at least 4 members (excludes halogenated alkanes) is 1. The first-order valence-corrected chi connectivity index (χ1v) is 7.30. The maximum Gasteiger partial charge on any atom is 0.317 e. The maximum atomic E-state index is 10.9. The zero-order valence-corrected chi connectivity index (χ0v) is 12.7. The van der Waals surface area contributed by atoms with Crippen LogP contribution in [0.15, 0.2) is 30.3 Å². The SMILES string of the molecule is O=CN(CCCCC(Br)C(=O)O)OCc1ccccc1. The second-order valence-corrected chi connectivity index (χ2v) is 5.41. The highest BCUT2D eigenvalue weighted by atomic mass is 79.9. The van der Waals surface area contributed by atoms with E-state index in [1.165, 1.54) is 5.06 Å². The molecule has 1 aromatic rings. The van der Waals surface area contributed by atoms with E-state index in [1.54, 1.807) is 0 Å². The summed E-state index contributed by atoms with van der Waals surface area (Å²) in [6.07, 6.45) is 2.58. The number of rotatable bonds is 10. The number of carboxylic acids is 1. The third-order valence-corrected chi connectivity index (χ3v) is 3.56. The van der Waals surface area contributed by atoms with E-state index < -0.39 is 10.8 Å². The summed E-state index contributed by atoms with van der Waals surface area (Å²) in [5, 5.41) is 9.96. The van der Waals surface area contributed by atoms with Gasteiger partial charge in [-0.2, -0.15) is 0 Å². The van der Waals surface area contributed by atoms with Gasteiger partial charge in [-0.25, -0.2) is 5.06 Å². The van der Waals surface area contributed by atoms with Crippen LogP contribution in [0.25, 0.3) is 0 Å². The van der Waals surface area contributed by atoms with Crippen molar-refractivity contribution in [3.05, 3.63) is 35.9 Å². The lowest BCUT2D eigenvalue weighted by atomic mass is 10.2. The van der Waals surface area contributed by atoms with Gasteiger partial charge in [-0.3, -0.25) is 14.4 Å². The topological polar surface area (TPSA) is 66.8 Å². The molecule has 1 rings (SSSR count). The first-order valence-electron chi connectivity index (χ1n) is 6.39. The predicted molar refractivity (Wildman–Crippen MR) is 78.2 cm³/mol. The van der Waals surface area contributed by atoms with Gasteiger partial charge in [0.1, 0.15) is 11.4 Å². The summed E-state index contributed by atoms with van der Waals surface area (Å²) in [5.74, 6) is -0.863. The third-order valence-electron chi connectivity index (χ3n) is 2.71. The number of nitrogens with zero attached hydrogens (tertiary/aromatic N) is 1. The van der Waals surface area contributed by atoms with Crippen LogP contribution in [0.3, 0.4) is 0 Å². The van der Waals surface area contributed by atoms with Crippen molar-refractivity contribution in [2.45, 2.75) is 30.7 Å². The molecule has 0 heterocycles. The lowest BCUT2D eigenvalue weighted by molar-refractivity contribution is -0.177. The lowest BCUT2D eigenvalue weighted by Gasteiger charge is -2.17. The Morgan fingerprint density at radius 1 is 1.35 bits per heavy atom. The number of hydrogen-bond donors (Lipinski definition) is 1. The molecular weight excluding hydrogens is 326 g/mol. The molecule has 0 bridgehead atoms. The number of hydrogen-bond acceptors (Lipinski definition) is 3. The van der Waals surface area contributed by atoms with Crippen molar-refractivity contribution in [3.8, 4) is 0 Å². The summed E-state index contributed by atoms with van der Waals surface area (Å²) in [6.45, 7) is 0.797. The number of carbonyl (C=O) groups is 2. The molecule has 0 spiro atoms. The summed E-state index contributed by atoms with van der Waals surface area (Å²) in [5.41, 5.74) is 0.991. The van der Waals surface area contributed by atoms with E-state index in [1.807, 2.05) is 30.3 Å². The molecule has 1 amide bonds. The molecule has 20 heavy (non-hydrogen) atoms. The fraction of sp³-hybridized carbons (Fsp3) is 0.429. The zero-order chi connectivity index (χ0) is 14.8. The monoisotopic (exact) mass is 343 g/mol. The highest BCUT2D eigenvalue weighted by molar-refractivity contribution is 9.10.